The Morgan fingerprint density at radius 1 is 1.22 bits per heavy atom. The summed E-state index contributed by atoms with van der Waals surface area (Å²) in [6.45, 7) is 0. The van der Waals surface area contributed by atoms with Gasteiger partial charge in [-0.25, -0.2) is 13.4 Å². The van der Waals surface area contributed by atoms with Gasteiger partial charge in [0.25, 0.3) is 10.0 Å². The van der Waals surface area contributed by atoms with Crippen molar-refractivity contribution in [2.24, 2.45) is 0 Å². The predicted octanol–water partition coefficient (Wildman–Crippen LogP) is 3.08. The standard InChI is InChI=1S/C15H13N3O3S2/c19-11-6-5-9-2-1-7-16-13(9)14(11)18-23(20,21)12-8-17-15(22-12)10-3-4-10/h1-2,5-8,10,18-19H,3-4H2. The number of nitrogens with zero attached hydrogens (tertiary/aromatic N) is 2. The summed E-state index contributed by atoms with van der Waals surface area (Å²) in [5.74, 6) is 0.239. The quantitative estimate of drug-likeness (QED) is 0.708. The van der Waals surface area contributed by atoms with Crippen LogP contribution in [-0.4, -0.2) is 23.5 Å². The van der Waals surface area contributed by atoms with Gasteiger partial charge in [-0.2, -0.15) is 0 Å². The maximum Gasteiger partial charge on any atom is 0.273 e. The van der Waals surface area contributed by atoms with E-state index in [2.05, 4.69) is 14.7 Å². The lowest BCUT2D eigenvalue weighted by atomic mass is 10.2. The van der Waals surface area contributed by atoms with E-state index < -0.39 is 10.0 Å². The molecule has 0 radical (unpaired) electrons. The number of phenols is 1. The molecule has 6 nitrogen and oxygen atoms in total. The van der Waals surface area contributed by atoms with Gasteiger partial charge in [0.1, 0.15) is 11.4 Å². The largest absolute Gasteiger partial charge is 0.506 e. The van der Waals surface area contributed by atoms with Crippen molar-refractivity contribution in [3.8, 4) is 5.75 Å². The zero-order valence-electron chi connectivity index (χ0n) is 11.9. The molecule has 1 aromatic carbocycles. The first kappa shape index (κ1) is 14.4. The fourth-order valence-electron chi connectivity index (χ4n) is 2.34. The van der Waals surface area contributed by atoms with Crippen molar-refractivity contribution >= 4 is 38.0 Å². The Labute approximate surface area is 136 Å². The molecule has 0 bridgehead atoms. The molecular weight excluding hydrogens is 334 g/mol. The third-order valence-electron chi connectivity index (χ3n) is 3.68. The molecule has 23 heavy (non-hydrogen) atoms. The minimum atomic E-state index is -3.81. The zero-order chi connectivity index (χ0) is 16.0. The Hall–Kier alpha value is -2.19. The molecule has 1 aliphatic rings. The lowest BCUT2D eigenvalue weighted by Gasteiger charge is -2.10. The van der Waals surface area contributed by atoms with Gasteiger partial charge in [-0.1, -0.05) is 6.07 Å². The van der Waals surface area contributed by atoms with Crippen molar-refractivity contribution < 1.29 is 13.5 Å². The highest BCUT2D eigenvalue weighted by atomic mass is 32.2. The summed E-state index contributed by atoms with van der Waals surface area (Å²) >= 11 is 1.18. The summed E-state index contributed by atoms with van der Waals surface area (Å²) in [5.41, 5.74) is 0.493. The van der Waals surface area contributed by atoms with Gasteiger partial charge in [-0.05, 0) is 31.0 Å². The first-order chi connectivity index (χ1) is 11.0. The molecule has 8 heteroatoms. The number of rotatable bonds is 4. The molecule has 4 rings (SSSR count). The number of nitrogens with one attached hydrogen (secondary N) is 1. The number of anilines is 1. The van der Waals surface area contributed by atoms with Crippen molar-refractivity contribution in [2.45, 2.75) is 23.0 Å². The summed E-state index contributed by atoms with van der Waals surface area (Å²) < 4.78 is 27.7. The highest BCUT2D eigenvalue weighted by molar-refractivity contribution is 7.94. The van der Waals surface area contributed by atoms with E-state index in [9.17, 15) is 13.5 Å². The molecule has 0 unspecified atom stereocenters. The van der Waals surface area contributed by atoms with Crippen LogP contribution in [0, 0.1) is 0 Å². The number of aromatic hydroxyl groups is 1. The normalized spacial score (nSPS) is 15.0. The van der Waals surface area contributed by atoms with E-state index in [1.54, 1.807) is 24.4 Å². The molecule has 3 aromatic rings. The van der Waals surface area contributed by atoms with E-state index in [0.29, 0.717) is 11.4 Å². The number of phenolic OH excluding ortho intramolecular Hbond substituents is 1. The first-order valence-electron chi connectivity index (χ1n) is 7.10. The molecule has 2 aromatic heterocycles. The van der Waals surface area contributed by atoms with Crippen LogP contribution in [-0.2, 0) is 10.0 Å². The average molecular weight is 347 g/mol. The second-order valence-electron chi connectivity index (χ2n) is 5.43. The van der Waals surface area contributed by atoms with Crippen LogP contribution in [0.1, 0.15) is 23.8 Å². The lowest BCUT2D eigenvalue weighted by molar-refractivity contribution is 0.478. The minimum absolute atomic E-state index is 0.0875. The van der Waals surface area contributed by atoms with E-state index in [1.807, 2.05) is 0 Å². The highest BCUT2D eigenvalue weighted by Gasteiger charge is 2.29. The second-order valence-corrected chi connectivity index (χ2v) is 8.40. The van der Waals surface area contributed by atoms with Gasteiger partial charge in [0.2, 0.25) is 0 Å². The van der Waals surface area contributed by atoms with Crippen molar-refractivity contribution in [1.82, 2.24) is 9.97 Å². The average Bonchev–Trinajstić information content (AvgIpc) is 3.26. The molecule has 1 saturated carbocycles. The topological polar surface area (TPSA) is 92.2 Å². The molecule has 2 N–H and O–H groups in total. The van der Waals surface area contributed by atoms with Crippen LogP contribution in [0.25, 0.3) is 10.9 Å². The van der Waals surface area contributed by atoms with Crippen molar-refractivity contribution in [2.75, 3.05) is 4.72 Å². The zero-order valence-corrected chi connectivity index (χ0v) is 13.6. The first-order valence-corrected chi connectivity index (χ1v) is 9.40. The number of sulfonamides is 1. The SMILES string of the molecule is O=S(=O)(Nc1c(O)ccc2cccnc12)c1cnc(C2CC2)s1. The molecule has 0 atom stereocenters. The Balaban J connectivity index is 1.75. The summed E-state index contributed by atoms with van der Waals surface area (Å²) in [6.07, 6.45) is 5.05. The molecule has 118 valence electrons. The molecular formula is C15H13N3O3S2. The third-order valence-corrected chi connectivity index (χ3v) is 6.65. The van der Waals surface area contributed by atoms with Gasteiger partial charge >= 0.3 is 0 Å². The second kappa shape index (κ2) is 5.17. The van der Waals surface area contributed by atoms with E-state index in [-0.39, 0.29) is 15.6 Å². The van der Waals surface area contributed by atoms with E-state index in [1.165, 1.54) is 23.6 Å². The number of fused-ring (bicyclic) bond motifs is 1. The van der Waals surface area contributed by atoms with Crippen molar-refractivity contribution in [3.63, 3.8) is 0 Å². The van der Waals surface area contributed by atoms with Crippen LogP contribution in [0.5, 0.6) is 5.75 Å². The summed E-state index contributed by atoms with van der Waals surface area (Å²) in [7, 11) is -3.81. The summed E-state index contributed by atoms with van der Waals surface area (Å²) in [4.78, 5) is 8.36. The van der Waals surface area contributed by atoms with Crippen molar-refractivity contribution in [1.29, 1.82) is 0 Å². The van der Waals surface area contributed by atoms with Gasteiger partial charge in [0, 0.05) is 17.5 Å². The van der Waals surface area contributed by atoms with Gasteiger partial charge in [0.05, 0.1) is 16.7 Å². The monoisotopic (exact) mass is 347 g/mol. The molecule has 2 heterocycles. The summed E-state index contributed by atoms with van der Waals surface area (Å²) in [5, 5.41) is 11.6. The van der Waals surface area contributed by atoms with Crippen LogP contribution in [0.4, 0.5) is 5.69 Å². The number of benzene rings is 1. The Bertz CT molecular complexity index is 994. The maximum atomic E-state index is 12.6. The van der Waals surface area contributed by atoms with Crippen LogP contribution in [0.2, 0.25) is 0 Å². The van der Waals surface area contributed by atoms with E-state index >= 15 is 0 Å². The smallest absolute Gasteiger partial charge is 0.273 e. The maximum absolute atomic E-state index is 12.6. The van der Waals surface area contributed by atoms with Gasteiger partial charge in [-0.3, -0.25) is 9.71 Å². The highest BCUT2D eigenvalue weighted by Crippen LogP contribution is 2.43. The number of pyridine rings is 1. The van der Waals surface area contributed by atoms with Crippen LogP contribution < -0.4 is 4.72 Å². The van der Waals surface area contributed by atoms with Crippen LogP contribution >= 0.6 is 11.3 Å². The van der Waals surface area contributed by atoms with Gasteiger partial charge in [0.15, 0.2) is 4.21 Å². The fourth-order valence-corrected chi connectivity index (χ4v) is 4.74. The van der Waals surface area contributed by atoms with E-state index in [4.69, 9.17) is 0 Å². The fraction of sp³-hybridized carbons (Fsp3) is 0.200. The Morgan fingerprint density at radius 2 is 2.04 bits per heavy atom. The molecule has 0 spiro atoms. The number of hydrogen-bond donors (Lipinski definition) is 2. The van der Waals surface area contributed by atoms with Crippen molar-refractivity contribution in [3.05, 3.63) is 41.7 Å². The Kier molecular flexibility index (Phi) is 3.24. The molecule has 1 aliphatic carbocycles. The van der Waals surface area contributed by atoms with E-state index in [0.717, 1.165) is 23.2 Å². The summed E-state index contributed by atoms with van der Waals surface area (Å²) in [6, 6.07) is 6.69. The molecule has 0 saturated heterocycles. The number of aromatic nitrogens is 2. The Morgan fingerprint density at radius 3 is 2.83 bits per heavy atom. The molecule has 0 aliphatic heterocycles. The molecule has 1 fully saturated rings. The van der Waals surface area contributed by atoms with Gasteiger partial charge < -0.3 is 5.11 Å². The number of hydrogen-bond acceptors (Lipinski definition) is 6. The predicted molar refractivity (Wildman–Crippen MR) is 88.3 cm³/mol. The van der Waals surface area contributed by atoms with Crippen LogP contribution in [0.15, 0.2) is 40.9 Å². The lowest BCUT2D eigenvalue weighted by Crippen LogP contribution is -2.12. The van der Waals surface area contributed by atoms with Gasteiger partial charge in [-0.15, -0.1) is 11.3 Å². The van der Waals surface area contributed by atoms with Crippen LogP contribution in [0.3, 0.4) is 0 Å². The molecule has 0 amide bonds. The number of thiazole rings is 1. The minimum Gasteiger partial charge on any atom is -0.506 e. The third kappa shape index (κ3) is 2.64.